The third-order valence-electron chi connectivity index (χ3n) is 5.24. The molecular formula is C26H17ClO5. The van der Waals surface area contributed by atoms with Crippen molar-refractivity contribution in [1.82, 2.24) is 0 Å². The highest BCUT2D eigenvalue weighted by Crippen LogP contribution is 2.36. The molecule has 0 saturated carbocycles. The second-order valence-corrected chi connectivity index (χ2v) is 7.87. The quantitative estimate of drug-likeness (QED) is 0.286. The highest BCUT2D eigenvalue weighted by Gasteiger charge is 2.29. The molecule has 2 heterocycles. The monoisotopic (exact) mass is 444 g/mol. The van der Waals surface area contributed by atoms with E-state index in [0.29, 0.717) is 21.9 Å². The van der Waals surface area contributed by atoms with Crippen molar-refractivity contribution in [1.29, 1.82) is 0 Å². The Balaban J connectivity index is 1.38. The van der Waals surface area contributed by atoms with Crippen LogP contribution < -0.4 is 14.2 Å². The van der Waals surface area contributed by atoms with Crippen molar-refractivity contribution >= 4 is 29.4 Å². The molecule has 3 aromatic rings. The van der Waals surface area contributed by atoms with E-state index in [1.54, 1.807) is 42.5 Å². The van der Waals surface area contributed by atoms with Crippen molar-refractivity contribution in [3.63, 3.8) is 0 Å². The number of Topliss-reactive ketones (excluding diaryl/α,β-unsaturated/α-hetero) is 1. The van der Waals surface area contributed by atoms with E-state index < -0.39 is 5.97 Å². The van der Waals surface area contributed by atoms with E-state index >= 15 is 0 Å². The van der Waals surface area contributed by atoms with Gasteiger partial charge in [0.25, 0.3) is 0 Å². The average molecular weight is 445 g/mol. The third kappa shape index (κ3) is 3.79. The van der Waals surface area contributed by atoms with Gasteiger partial charge in [-0.25, -0.2) is 4.79 Å². The second kappa shape index (κ2) is 8.02. The standard InChI is InChI=1S/C26H17ClO5/c1-15-18(12-17-4-2-3-5-22(17)30-15)13-24-25(28)21-11-10-20(14-23(21)32-24)31-26(29)16-6-8-19(27)9-7-16/h2-15H,1H3/b24-13-/t15-/m1/s1. The second-order valence-electron chi connectivity index (χ2n) is 7.44. The van der Waals surface area contributed by atoms with E-state index in [0.717, 1.165) is 16.9 Å². The lowest BCUT2D eigenvalue weighted by Crippen LogP contribution is -2.18. The summed E-state index contributed by atoms with van der Waals surface area (Å²) in [5.74, 6) is 0.855. The SMILES string of the molecule is C[C@H]1Oc2ccccc2C=C1/C=C1\Oc2cc(OC(=O)c3ccc(Cl)cc3)ccc2C1=O. The molecule has 3 aromatic carbocycles. The predicted molar refractivity (Wildman–Crippen MR) is 120 cm³/mol. The number of ether oxygens (including phenoxy) is 3. The van der Waals surface area contributed by atoms with E-state index in [4.69, 9.17) is 25.8 Å². The minimum Gasteiger partial charge on any atom is -0.485 e. The maximum atomic E-state index is 12.8. The van der Waals surface area contributed by atoms with Crippen molar-refractivity contribution in [2.24, 2.45) is 0 Å². The smallest absolute Gasteiger partial charge is 0.343 e. The molecule has 0 bridgehead atoms. The molecule has 0 radical (unpaired) electrons. The van der Waals surface area contributed by atoms with Gasteiger partial charge < -0.3 is 14.2 Å². The molecule has 0 spiro atoms. The van der Waals surface area contributed by atoms with Gasteiger partial charge in [0.2, 0.25) is 5.78 Å². The van der Waals surface area contributed by atoms with Gasteiger partial charge in [0.15, 0.2) is 5.76 Å². The van der Waals surface area contributed by atoms with Gasteiger partial charge in [0.05, 0.1) is 11.1 Å². The summed E-state index contributed by atoms with van der Waals surface area (Å²) < 4.78 is 17.2. The van der Waals surface area contributed by atoms with Crippen molar-refractivity contribution in [2.45, 2.75) is 13.0 Å². The van der Waals surface area contributed by atoms with Gasteiger partial charge in [-0.2, -0.15) is 0 Å². The summed E-state index contributed by atoms with van der Waals surface area (Å²) >= 11 is 5.85. The number of rotatable bonds is 3. The zero-order chi connectivity index (χ0) is 22.2. The fourth-order valence-corrected chi connectivity index (χ4v) is 3.68. The van der Waals surface area contributed by atoms with Gasteiger partial charge in [-0.3, -0.25) is 4.79 Å². The van der Waals surface area contributed by atoms with Crippen LogP contribution in [0.5, 0.6) is 17.2 Å². The van der Waals surface area contributed by atoms with E-state index in [1.165, 1.54) is 6.07 Å². The molecule has 5 rings (SSSR count). The highest BCUT2D eigenvalue weighted by molar-refractivity contribution is 6.30. The highest BCUT2D eigenvalue weighted by atomic mass is 35.5. The molecule has 0 saturated heterocycles. The Labute approximate surface area is 189 Å². The summed E-state index contributed by atoms with van der Waals surface area (Å²) in [6.07, 6.45) is 3.45. The molecule has 2 aliphatic heterocycles. The molecule has 32 heavy (non-hydrogen) atoms. The number of hydrogen-bond donors (Lipinski definition) is 0. The zero-order valence-electron chi connectivity index (χ0n) is 17.0. The molecule has 0 aliphatic carbocycles. The molecule has 5 nitrogen and oxygen atoms in total. The summed E-state index contributed by atoms with van der Waals surface area (Å²) in [6.45, 7) is 1.92. The maximum absolute atomic E-state index is 12.8. The molecule has 0 N–H and O–H groups in total. The summed E-state index contributed by atoms with van der Waals surface area (Å²) in [4.78, 5) is 25.2. The van der Waals surface area contributed by atoms with Crippen LogP contribution in [0.15, 0.2) is 84.1 Å². The van der Waals surface area contributed by atoms with Gasteiger partial charge in [0, 0.05) is 16.7 Å². The Morgan fingerprint density at radius 2 is 1.81 bits per heavy atom. The lowest BCUT2D eigenvalue weighted by molar-refractivity contribution is 0.0734. The van der Waals surface area contributed by atoms with Crippen molar-refractivity contribution in [2.75, 3.05) is 0 Å². The van der Waals surface area contributed by atoms with Gasteiger partial charge in [0.1, 0.15) is 23.4 Å². The van der Waals surface area contributed by atoms with Crippen LogP contribution in [0.3, 0.4) is 0 Å². The number of fused-ring (bicyclic) bond motifs is 2. The average Bonchev–Trinajstić information content (AvgIpc) is 3.09. The number of ketones is 1. The Bertz CT molecular complexity index is 1300. The van der Waals surface area contributed by atoms with Gasteiger partial charge >= 0.3 is 5.97 Å². The molecular weight excluding hydrogens is 428 g/mol. The third-order valence-corrected chi connectivity index (χ3v) is 5.50. The first-order valence-electron chi connectivity index (χ1n) is 10.0. The van der Waals surface area contributed by atoms with E-state index in [1.807, 2.05) is 37.3 Å². The topological polar surface area (TPSA) is 61.8 Å². The van der Waals surface area contributed by atoms with Crippen molar-refractivity contribution < 1.29 is 23.8 Å². The Morgan fingerprint density at radius 3 is 2.62 bits per heavy atom. The van der Waals surface area contributed by atoms with E-state index in [-0.39, 0.29) is 23.4 Å². The number of carbonyl (C=O) groups is 2. The number of para-hydroxylation sites is 1. The Hall–Kier alpha value is -3.83. The fourth-order valence-electron chi connectivity index (χ4n) is 3.56. The van der Waals surface area contributed by atoms with Gasteiger partial charge in [-0.1, -0.05) is 29.8 Å². The zero-order valence-corrected chi connectivity index (χ0v) is 17.8. The molecule has 158 valence electrons. The summed E-state index contributed by atoms with van der Waals surface area (Å²) in [5.41, 5.74) is 2.55. The summed E-state index contributed by atoms with van der Waals surface area (Å²) in [5, 5.41) is 0.529. The molecule has 1 atom stereocenters. The maximum Gasteiger partial charge on any atom is 0.343 e. The lowest BCUT2D eigenvalue weighted by atomic mass is 10.0. The fraction of sp³-hybridized carbons (Fsp3) is 0.0769. The summed E-state index contributed by atoms with van der Waals surface area (Å²) in [7, 11) is 0. The van der Waals surface area contributed by atoms with Crippen LogP contribution in [0, 0.1) is 0 Å². The Morgan fingerprint density at radius 1 is 1.03 bits per heavy atom. The molecule has 0 unspecified atom stereocenters. The van der Waals surface area contributed by atoms with Crippen LogP contribution in [0.4, 0.5) is 0 Å². The van der Waals surface area contributed by atoms with Crippen molar-refractivity contribution in [3.05, 3.63) is 106 Å². The van der Waals surface area contributed by atoms with Crippen LogP contribution in [-0.2, 0) is 0 Å². The molecule has 2 aliphatic rings. The molecule has 0 amide bonds. The van der Waals surface area contributed by atoms with E-state index in [9.17, 15) is 9.59 Å². The predicted octanol–water partition coefficient (Wildman–Crippen LogP) is 5.88. The number of allylic oxidation sites excluding steroid dienone is 1. The minimum absolute atomic E-state index is 0.197. The molecule has 0 fully saturated rings. The van der Waals surface area contributed by atoms with Gasteiger partial charge in [-0.05, 0) is 67.1 Å². The van der Waals surface area contributed by atoms with Crippen LogP contribution in [0.2, 0.25) is 5.02 Å². The number of halogens is 1. The largest absolute Gasteiger partial charge is 0.485 e. The van der Waals surface area contributed by atoms with Crippen LogP contribution in [0.1, 0.15) is 33.2 Å². The van der Waals surface area contributed by atoms with E-state index in [2.05, 4.69) is 0 Å². The summed E-state index contributed by atoms with van der Waals surface area (Å²) in [6, 6.07) is 18.8. The minimum atomic E-state index is -0.529. The Kier molecular flexibility index (Phi) is 5.04. The lowest BCUT2D eigenvalue weighted by Gasteiger charge is -2.22. The normalized spacial score (nSPS) is 17.7. The van der Waals surface area contributed by atoms with Gasteiger partial charge in [-0.15, -0.1) is 0 Å². The molecule has 0 aromatic heterocycles. The number of benzene rings is 3. The number of carbonyl (C=O) groups excluding carboxylic acids is 2. The molecule has 6 heteroatoms. The number of esters is 1. The van der Waals surface area contributed by atoms with Crippen LogP contribution >= 0.6 is 11.6 Å². The van der Waals surface area contributed by atoms with Crippen molar-refractivity contribution in [3.8, 4) is 17.2 Å². The first-order chi connectivity index (χ1) is 15.5. The first-order valence-corrected chi connectivity index (χ1v) is 10.4. The first kappa shape index (κ1) is 20.1. The van der Waals surface area contributed by atoms with Crippen LogP contribution in [0.25, 0.3) is 6.08 Å². The van der Waals surface area contributed by atoms with Crippen LogP contribution in [-0.4, -0.2) is 17.9 Å². The number of hydrogen-bond acceptors (Lipinski definition) is 5.